The minimum Gasteiger partial charge on any atom is -0.481 e. The molecule has 1 unspecified atom stereocenters. The van der Waals surface area contributed by atoms with Crippen molar-refractivity contribution in [1.29, 1.82) is 0 Å². The van der Waals surface area contributed by atoms with Crippen molar-refractivity contribution in [2.75, 3.05) is 5.32 Å². The quantitative estimate of drug-likeness (QED) is 0.561. The maximum absolute atomic E-state index is 11.6. The Labute approximate surface area is 114 Å². The first-order valence-electron chi connectivity index (χ1n) is 5.68. The first-order valence-corrected chi connectivity index (χ1v) is 5.68. The number of nitrogens with one attached hydrogen (secondary N) is 1. The smallest absolute Gasteiger partial charge is 0.328 e. The largest absolute Gasteiger partial charge is 0.481 e. The van der Waals surface area contributed by atoms with Crippen molar-refractivity contribution in [1.82, 2.24) is 0 Å². The van der Waals surface area contributed by atoms with Gasteiger partial charge < -0.3 is 21.3 Å². The predicted molar refractivity (Wildman–Crippen MR) is 72.0 cm³/mol. The van der Waals surface area contributed by atoms with E-state index in [1.54, 1.807) is 24.3 Å². The lowest BCUT2D eigenvalue weighted by Crippen LogP contribution is -2.37. The summed E-state index contributed by atoms with van der Waals surface area (Å²) < 4.78 is 0. The van der Waals surface area contributed by atoms with Crippen LogP contribution in [-0.4, -0.2) is 34.1 Å². The van der Waals surface area contributed by atoms with Crippen molar-refractivity contribution in [2.45, 2.75) is 12.5 Å². The predicted octanol–water partition coefficient (Wildman–Crippen LogP) is 0.525. The second kappa shape index (κ2) is 7.05. The molecule has 0 heterocycles. The van der Waals surface area contributed by atoms with Crippen LogP contribution in [0.2, 0.25) is 0 Å². The highest BCUT2D eigenvalue weighted by atomic mass is 16.4. The summed E-state index contributed by atoms with van der Waals surface area (Å²) in [5.41, 5.74) is 6.51. The summed E-state index contributed by atoms with van der Waals surface area (Å²) in [5.74, 6) is -2.80. The molecule has 0 fully saturated rings. The van der Waals surface area contributed by atoms with Crippen molar-refractivity contribution in [3.05, 3.63) is 35.9 Å². The zero-order valence-electron chi connectivity index (χ0n) is 10.4. The molecule has 7 nitrogen and oxygen atoms in total. The van der Waals surface area contributed by atoms with E-state index in [0.29, 0.717) is 11.3 Å². The number of aliphatic carboxylic acids is 2. The summed E-state index contributed by atoms with van der Waals surface area (Å²) >= 11 is 0. The average Bonchev–Trinajstić information content (AvgIpc) is 2.37. The number of amides is 1. The van der Waals surface area contributed by atoms with Gasteiger partial charge in [0.2, 0.25) is 5.91 Å². The van der Waals surface area contributed by atoms with Crippen LogP contribution in [0.5, 0.6) is 0 Å². The molecule has 0 bridgehead atoms. The normalized spacial score (nSPS) is 12.1. The lowest BCUT2D eigenvalue weighted by atomic mass is 10.1. The molecule has 7 heteroatoms. The summed E-state index contributed by atoms with van der Waals surface area (Å²) in [5, 5.41) is 19.5. The number of hydrogen-bond acceptors (Lipinski definition) is 4. The second-order valence-corrected chi connectivity index (χ2v) is 3.99. The number of nitrogens with two attached hydrogens (primary N) is 1. The molecule has 1 amide bonds. The zero-order chi connectivity index (χ0) is 15.1. The number of carboxylic acids is 2. The van der Waals surface area contributed by atoms with Gasteiger partial charge in [-0.1, -0.05) is 12.1 Å². The number of carbonyl (C=O) groups excluding carboxylic acids is 1. The highest BCUT2D eigenvalue weighted by molar-refractivity contribution is 5.96. The molecule has 0 aromatic heterocycles. The summed E-state index contributed by atoms with van der Waals surface area (Å²) in [4.78, 5) is 32.3. The van der Waals surface area contributed by atoms with Gasteiger partial charge in [-0.25, -0.2) is 4.79 Å². The fourth-order valence-corrected chi connectivity index (χ4v) is 1.36. The van der Waals surface area contributed by atoms with Gasteiger partial charge in [0.05, 0.1) is 12.5 Å². The van der Waals surface area contributed by atoms with Gasteiger partial charge in [0.15, 0.2) is 0 Å². The molecule has 106 valence electrons. The molecule has 1 atom stereocenters. The summed E-state index contributed by atoms with van der Waals surface area (Å²) in [6.45, 7) is 0. The van der Waals surface area contributed by atoms with Crippen LogP contribution in [0.4, 0.5) is 5.69 Å². The van der Waals surface area contributed by atoms with Crippen LogP contribution in [0.3, 0.4) is 0 Å². The number of hydrogen-bond donors (Lipinski definition) is 4. The maximum Gasteiger partial charge on any atom is 0.328 e. The standard InChI is InChI=1S/C13H14N2O5/c14-10(7-12(18)19)13(20)15-9-4-1-8(2-5-9)3-6-11(16)17/h1-6,10H,7,14H2,(H,15,20)(H,16,17)(H,18,19)/b6-3+. The maximum atomic E-state index is 11.6. The third-order valence-electron chi connectivity index (χ3n) is 2.33. The molecular weight excluding hydrogens is 264 g/mol. The number of carboxylic acid groups (broad SMARTS) is 2. The number of anilines is 1. The van der Waals surface area contributed by atoms with Crippen LogP contribution in [0.15, 0.2) is 30.3 Å². The average molecular weight is 278 g/mol. The Morgan fingerprint density at radius 3 is 2.30 bits per heavy atom. The third kappa shape index (κ3) is 5.32. The number of rotatable bonds is 6. The van der Waals surface area contributed by atoms with Gasteiger partial charge in [0.25, 0.3) is 0 Å². The molecular formula is C13H14N2O5. The molecule has 1 rings (SSSR count). The zero-order valence-corrected chi connectivity index (χ0v) is 10.4. The molecule has 20 heavy (non-hydrogen) atoms. The number of carbonyl (C=O) groups is 3. The minimum absolute atomic E-state index is 0.448. The topological polar surface area (TPSA) is 130 Å². The monoisotopic (exact) mass is 278 g/mol. The van der Waals surface area contributed by atoms with Gasteiger partial charge in [0.1, 0.15) is 0 Å². The molecule has 1 aromatic carbocycles. The van der Waals surface area contributed by atoms with Gasteiger partial charge in [-0.3, -0.25) is 9.59 Å². The molecule has 0 radical (unpaired) electrons. The summed E-state index contributed by atoms with van der Waals surface area (Å²) in [7, 11) is 0. The van der Waals surface area contributed by atoms with E-state index in [1.807, 2.05) is 0 Å². The molecule has 1 aromatic rings. The first-order chi connectivity index (χ1) is 9.38. The van der Waals surface area contributed by atoms with E-state index in [2.05, 4.69) is 5.32 Å². The Kier molecular flexibility index (Phi) is 5.42. The van der Waals surface area contributed by atoms with E-state index in [0.717, 1.165) is 6.08 Å². The summed E-state index contributed by atoms with van der Waals surface area (Å²) in [6.07, 6.45) is 1.95. The lowest BCUT2D eigenvalue weighted by Gasteiger charge is -2.10. The van der Waals surface area contributed by atoms with Crippen molar-refractivity contribution >= 4 is 29.6 Å². The Hall–Kier alpha value is -2.67. The molecule has 0 aliphatic heterocycles. The molecule has 0 aliphatic carbocycles. The van der Waals surface area contributed by atoms with E-state index in [4.69, 9.17) is 15.9 Å². The van der Waals surface area contributed by atoms with Crippen LogP contribution >= 0.6 is 0 Å². The Morgan fingerprint density at radius 2 is 1.80 bits per heavy atom. The Balaban J connectivity index is 2.63. The first kappa shape index (κ1) is 15.4. The van der Waals surface area contributed by atoms with Crippen molar-refractivity contribution < 1.29 is 24.6 Å². The summed E-state index contributed by atoms with van der Waals surface area (Å²) in [6, 6.07) is 5.22. The second-order valence-electron chi connectivity index (χ2n) is 3.99. The van der Waals surface area contributed by atoms with E-state index in [1.165, 1.54) is 6.08 Å². The van der Waals surface area contributed by atoms with E-state index >= 15 is 0 Å². The van der Waals surface area contributed by atoms with E-state index in [-0.39, 0.29) is 0 Å². The third-order valence-corrected chi connectivity index (χ3v) is 2.33. The van der Waals surface area contributed by atoms with Crippen LogP contribution in [0.1, 0.15) is 12.0 Å². The van der Waals surface area contributed by atoms with Crippen LogP contribution in [0.25, 0.3) is 6.08 Å². The van der Waals surface area contributed by atoms with Gasteiger partial charge in [-0.15, -0.1) is 0 Å². The highest BCUT2D eigenvalue weighted by Crippen LogP contribution is 2.11. The van der Waals surface area contributed by atoms with E-state index in [9.17, 15) is 14.4 Å². The Morgan fingerprint density at radius 1 is 1.20 bits per heavy atom. The van der Waals surface area contributed by atoms with Crippen molar-refractivity contribution in [2.24, 2.45) is 5.73 Å². The molecule has 5 N–H and O–H groups in total. The highest BCUT2D eigenvalue weighted by Gasteiger charge is 2.16. The van der Waals surface area contributed by atoms with Crippen LogP contribution in [-0.2, 0) is 14.4 Å². The lowest BCUT2D eigenvalue weighted by molar-refractivity contribution is -0.138. The molecule has 0 saturated carbocycles. The Bertz CT molecular complexity index is 536. The minimum atomic E-state index is -1.15. The molecule has 0 saturated heterocycles. The molecule has 0 spiro atoms. The van der Waals surface area contributed by atoms with Crippen LogP contribution in [0, 0.1) is 0 Å². The SMILES string of the molecule is NC(CC(=O)O)C(=O)Nc1ccc(/C=C/C(=O)O)cc1. The fraction of sp³-hybridized carbons (Fsp3) is 0.154. The van der Waals surface area contributed by atoms with Gasteiger partial charge in [0, 0.05) is 11.8 Å². The van der Waals surface area contributed by atoms with Gasteiger partial charge in [-0.2, -0.15) is 0 Å². The van der Waals surface area contributed by atoms with Crippen molar-refractivity contribution in [3.63, 3.8) is 0 Å². The van der Waals surface area contributed by atoms with Crippen molar-refractivity contribution in [3.8, 4) is 0 Å². The van der Waals surface area contributed by atoms with E-state index < -0.39 is 30.3 Å². The number of benzene rings is 1. The molecule has 0 aliphatic rings. The van der Waals surface area contributed by atoms with Gasteiger partial charge in [-0.05, 0) is 23.8 Å². The fourth-order valence-electron chi connectivity index (χ4n) is 1.36. The van der Waals surface area contributed by atoms with Gasteiger partial charge >= 0.3 is 11.9 Å². The van der Waals surface area contributed by atoms with Crippen LogP contribution < -0.4 is 11.1 Å².